The zero-order valence-electron chi connectivity index (χ0n) is 21.4. The summed E-state index contributed by atoms with van der Waals surface area (Å²) in [6, 6.07) is 3.39. The normalized spacial score (nSPS) is 38.4. The van der Waals surface area contributed by atoms with E-state index in [0.29, 0.717) is 6.42 Å². The Hall–Kier alpha value is -2.09. The largest absolute Gasteiger partial charge is 0.497 e. The number of hydrogen-bond acceptors (Lipinski definition) is 7. The number of nitrogens with zero attached hydrogens (tertiary/aromatic N) is 2. The summed E-state index contributed by atoms with van der Waals surface area (Å²) in [5.74, 6) is -0.0371. The monoisotopic (exact) mass is 470 g/mol. The summed E-state index contributed by atoms with van der Waals surface area (Å²) in [5.41, 5.74) is -0.380. The number of likely N-dealkylation sites (N-methyl/N-ethyl adjacent to an activating group) is 1. The number of methoxy groups -OCH3 is 2. The van der Waals surface area contributed by atoms with E-state index in [1.807, 2.05) is 24.9 Å². The lowest BCUT2D eigenvalue weighted by Crippen LogP contribution is -2.81. The predicted octanol–water partition coefficient (Wildman–Crippen LogP) is 2.37. The molecule has 2 fully saturated rings. The highest BCUT2D eigenvalue weighted by Gasteiger charge is 2.79. The predicted molar refractivity (Wildman–Crippen MR) is 130 cm³/mol. The van der Waals surface area contributed by atoms with Crippen LogP contribution in [0, 0.1) is 5.41 Å². The van der Waals surface area contributed by atoms with E-state index in [4.69, 9.17) is 9.47 Å². The van der Waals surface area contributed by atoms with E-state index in [0.717, 1.165) is 36.5 Å². The van der Waals surface area contributed by atoms with Crippen LogP contribution in [-0.4, -0.2) is 79.2 Å². The minimum Gasteiger partial charge on any atom is -0.497 e. The van der Waals surface area contributed by atoms with Gasteiger partial charge in [0.25, 0.3) is 0 Å². The van der Waals surface area contributed by atoms with E-state index < -0.39 is 34.5 Å². The first-order chi connectivity index (χ1) is 15.9. The molecule has 6 atom stereocenters. The third-order valence-corrected chi connectivity index (χ3v) is 9.27. The molecule has 2 N–H and O–H groups in total. The van der Waals surface area contributed by atoms with E-state index in [-0.39, 0.29) is 11.5 Å². The molecule has 3 aliphatic heterocycles. The summed E-state index contributed by atoms with van der Waals surface area (Å²) in [5, 5.41) is 24.3. The van der Waals surface area contributed by atoms with Crippen LogP contribution in [0.4, 0.5) is 5.69 Å². The second-order valence-electron chi connectivity index (χ2n) is 11.6. The smallest absolute Gasteiger partial charge is 0.342 e. The first-order valence-electron chi connectivity index (χ1n) is 12.3. The van der Waals surface area contributed by atoms with Gasteiger partial charge in [-0.25, -0.2) is 4.79 Å². The van der Waals surface area contributed by atoms with E-state index in [1.54, 1.807) is 7.11 Å². The van der Waals surface area contributed by atoms with Gasteiger partial charge in [-0.15, -0.1) is 0 Å². The Morgan fingerprint density at radius 1 is 1.24 bits per heavy atom. The van der Waals surface area contributed by atoms with Crippen LogP contribution in [0.5, 0.6) is 5.75 Å². The third kappa shape index (κ3) is 2.50. The number of anilines is 1. The Balaban J connectivity index is 1.92. The van der Waals surface area contributed by atoms with Gasteiger partial charge in [0.2, 0.25) is 5.60 Å². The van der Waals surface area contributed by atoms with Crippen LogP contribution in [0.3, 0.4) is 0 Å². The summed E-state index contributed by atoms with van der Waals surface area (Å²) >= 11 is 0. The van der Waals surface area contributed by atoms with Crippen molar-refractivity contribution in [2.24, 2.45) is 5.41 Å². The molecule has 186 valence electrons. The highest BCUT2D eigenvalue weighted by atomic mass is 16.5. The number of fused-ring (bicyclic) bond motifs is 1. The number of carbonyl (C=O) groups excluding carboxylic acids is 1. The number of benzene rings is 1. The standard InChI is InChI=1S/C27H38N2O5/c1-8-25-10-9-12-29-13-11-26(20(25)29)19-17(24(2,3)4)14-16(33-6)15-18(19)28(5)21(26)27(32,22(25)30)23(31)34-7/h9-10,14-15,20-22,30,32H,8,11-13H2,1-7H3/t20?,21?,22-,25-,26?,27+/m1/s1. The molecule has 5 rings (SSSR count). The van der Waals surface area contributed by atoms with Crippen molar-refractivity contribution in [3.05, 3.63) is 35.4 Å². The van der Waals surface area contributed by atoms with Gasteiger partial charge in [0, 0.05) is 42.2 Å². The van der Waals surface area contributed by atoms with Gasteiger partial charge in [-0.3, -0.25) is 4.90 Å². The lowest BCUT2D eigenvalue weighted by molar-refractivity contribution is -0.218. The number of aliphatic hydroxyl groups excluding tert-OH is 1. The first kappa shape index (κ1) is 23.6. The molecule has 4 aliphatic rings. The number of ether oxygens (including phenoxy) is 2. The number of esters is 1. The fraction of sp³-hybridized carbons (Fsp3) is 0.667. The molecule has 1 spiro atoms. The van der Waals surface area contributed by atoms with Crippen LogP contribution in [0.15, 0.2) is 24.3 Å². The molecule has 0 aromatic heterocycles. The molecule has 0 bridgehead atoms. The van der Waals surface area contributed by atoms with Crippen LogP contribution < -0.4 is 9.64 Å². The van der Waals surface area contributed by atoms with Gasteiger partial charge in [-0.05, 0) is 42.0 Å². The first-order valence-corrected chi connectivity index (χ1v) is 12.3. The zero-order chi connectivity index (χ0) is 24.8. The maximum atomic E-state index is 13.4. The molecular weight excluding hydrogens is 432 g/mol. The summed E-state index contributed by atoms with van der Waals surface area (Å²) in [7, 11) is 4.87. The summed E-state index contributed by atoms with van der Waals surface area (Å²) in [6.07, 6.45) is 4.21. The second-order valence-corrected chi connectivity index (χ2v) is 11.6. The molecule has 7 nitrogen and oxygen atoms in total. The molecule has 3 unspecified atom stereocenters. The average Bonchev–Trinajstić information content (AvgIpc) is 3.32. The van der Waals surface area contributed by atoms with Crippen LogP contribution in [0.2, 0.25) is 0 Å². The Bertz CT molecular complexity index is 1060. The van der Waals surface area contributed by atoms with Crippen molar-refractivity contribution >= 4 is 11.7 Å². The van der Waals surface area contributed by atoms with Crippen molar-refractivity contribution < 1.29 is 24.5 Å². The molecule has 3 heterocycles. The fourth-order valence-electron chi connectivity index (χ4n) is 8.06. The van der Waals surface area contributed by atoms with Crippen LogP contribution >= 0.6 is 0 Å². The van der Waals surface area contributed by atoms with Gasteiger partial charge in [0.1, 0.15) is 11.9 Å². The molecule has 1 aromatic rings. The van der Waals surface area contributed by atoms with Crippen molar-refractivity contribution in [1.29, 1.82) is 0 Å². The zero-order valence-corrected chi connectivity index (χ0v) is 21.4. The third-order valence-electron chi connectivity index (χ3n) is 9.27. The SMILES string of the molecule is CC[C@]12C=CCN3CCC4(c5c(cc(OC)cc5C(C)(C)C)N(C)C4[C@@](O)(C(=O)OC)[C@@H]1O)C32. The summed E-state index contributed by atoms with van der Waals surface area (Å²) < 4.78 is 10.9. The minimum absolute atomic E-state index is 0.0573. The molecule has 34 heavy (non-hydrogen) atoms. The Kier molecular flexibility index (Phi) is 5.02. The summed E-state index contributed by atoms with van der Waals surface area (Å²) in [4.78, 5) is 17.9. The lowest BCUT2D eigenvalue weighted by atomic mass is 9.47. The number of aliphatic hydroxyl groups is 2. The fourth-order valence-corrected chi connectivity index (χ4v) is 8.06. The van der Waals surface area contributed by atoms with Gasteiger partial charge in [0.15, 0.2) is 0 Å². The molecule has 1 saturated heterocycles. The van der Waals surface area contributed by atoms with Gasteiger partial charge >= 0.3 is 5.97 Å². The van der Waals surface area contributed by atoms with Gasteiger partial charge in [0.05, 0.1) is 20.3 Å². The van der Waals surface area contributed by atoms with E-state index in [9.17, 15) is 15.0 Å². The van der Waals surface area contributed by atoms with Crippen LogP contribution in [-0.2, 0) is 20.4 Å². The van der Waals surface area contributed by atoms with E-state index in [2.05, 4.69) is 43.9 Å². The minimum atomic E-state index is -2.10. The average molecular weight is 471 g/mol. The van der Waals surface area contributed by atoms with Crippen molar-refractivity contribution in [3.63, 3.8) is 0 Å². The Labute approximate surface area is 202 Å². The lowest BCUT2D eigenvalue weighted by Gasteiger charge is -2.63. The molecule has 0 radical (unpaired) electrons. The molecule has 7 heteroatoms. The van der Waals surface area contributed by atoms with Crippen molar-refractivity contribution in [2.75, 3.05) is 39.3 Å². The molecule has 1 aromatic carbocycles. The molecule has 1 saturated carbocycles. The van der Waals surface area contributed by atoms with Crippen LogP contribution in [0.1, 0.15) is 51.7 Å². The summed E-state index contributed by atoms with van der Waals surface area (Å²) in [6.45, 7) is 10.2. The topological polar surface area (TPSA) is 82.5 Å². The Morgan fingerprint density at radius 3 is 2.53 bits per heavy atom. The van der Waals surface area contributed by atoms with E-state index in [1.165, 1.54) is 12.7 Å². The highest BCUT2D eigenvalue weighted by Crippen LogP contribution is 2.68. The maximum absolute atomic E-state index is 13.4. The van der Waals surface area contributed by atoms with Gasteiger partial charge < -0.3 is 24.6 Å². The molecule has 0 amide bonds. The van der Waals surface area contributed by atoms with E-state index >= 15 is 0 Å². The maximum Gasteiger partial charge on any atom is 0.342 e. The molecule has 1 aliphatic carbocycles. The Morgan fingerprint density at radius 2 is 1.94 bits per heavy atom. The quantitative estimate of drug-likeness (QED) is 0.518. The van der Waals surface area contributed by atoms with Gasteiger partial charge in [-0.1, -0.05) is 39.8 Å². The van der Waals surface area contributed by atoms with Crippen molar-refractivity contribution in [1.82, 2.24) is 4.90 Å². The molecular formula is C27H38N2O5. The number of rotatable bonds is 3. The number of hydrogen-bond donors (Lipinski definition) is 2. The highest BCUT2D eigenvalue weighted by molar-refractivity contribution is 5.86. The van der Waals surface area contributed by atoms with Crippen LogP contribution in [0.25, 0.3) is 0 Å². The number of carbonyl (C=O) groups is 1. The second kappa shape index (κ2) is 7.21. The van der Waals surface area contributed by atoms with Gasteiger partial charge in [-0.2, -0.15) is 0 Å². The van der Waals surface area contributed by atoms with Crippen molar-refractivity contribution in [2.45, 2.75) is 75.2 Å². The van der Waals surface area contributed by atoms with Crippen molar-refractivity contribution in [3.8, 4) is 5.75 Å².